The molecule has 0 saturated heterocycles. The highest BCUT2D eigenvalue weighted by atomic mass is 79.9. The molecular weight excluding hydrogens is 378 g/mol. The van der Waals surface area contributed by atoms with E-state index in [0.717, 1.165) is 19.6 Å². The van der Waals surface area contributed by atoms with Crippen LogP contribution in [-0.4, -0.2) is 6.04 Å². The molecule has 2 aromatic rings. The number of hydrogen-bond donors (Lipinski definition) is 1. The van der Waals surface area contributed by atoms with Crippen molar-refractivity contribution in [3.05, 3.63) is 49.5 Å². The molecule has 2 N–H and O–H groups in total. The number of nitrogens with two attached hydrogens (primary N) is 1. The molecule has 18 heavy (non-hydrogen) atoms. The molecule has 0 aliphatic carbocycles. The van der Waals surface area contributed by atoms with Crippen LogP contribution in [0.4, 0.5) is 0 Å². The van der Waals surface area contributed by atoms with Gasteiger partial charge in [0.1, 0.15) is 11.9 Å². The fraction of sp³-hybridized carbons (Fsp3) is 0.231. The molecule has 0 bridgehead atoms. The zero-order valence-electron chi connectivity index (χ0n) is 9.77. The summed E-state index contributed by atoms with van der Waals surface area (Å²) in [5, 5.41) is 2.03. The minimum atomic E-state index is -0.123. The van der Waals surface area contributed by atoms with E-state index in [1.54, 1.807) is 11.3 Å². The molecule has 5 heteroatoms. The van der Waals surface area contributed by atoms with Crippen LogP contribution in [-0.2, 0) is 0 Å². The minimum absolute atomic E-state index is 0.0702. The Morgan fingerprint density at radius 2 is 2.06 bits per heavy atom. The lowest BCUT2D eigenvalue weighted by atomic mass is 10.1. The Hall–Kier alpha value is -0.360. The molecule has 1 aromatic heterocycles. The first-order valence-electron chi connectivity index (χ1n) is 5.48. The summed E-state index contributed by atoms with van der Waals surface area (Å²) in [5.41, 5.74) is 6.01. The highest BCUT2D eigenvalue weighted by Crippen LogP contribution is 2.33. The van der Waals surface area contributed by atoms with Crippen molar-refractivity contribution in [2.24, 2.45) is 5.73 Å². The van der Waals surface area contributed by atoms with Crippen LogP contribution in [0.5, 0.6) is 5.75 Å². The maximum Gasteiger partial charge on any atom is 0.148 e. The Bertz CT molecular complexity index is 514. The fourth-order valence-corrected chi connectivity index (χ4v) is 3.59. The summed E-state index contributed by atoms with van der Waals surface area (Å²) >= 11 is 8.58. The van der Waals surface area contributed by atoms with E-state index in [0.29, 0.717) is 0 Å². The van der Waals surface area contributed by atoms with Crippen molar-refractivity contribution in [3.63, 3.8) is 0 Å². The van der Waals surface area contributed by atoms with Crippen LogP contribution in [0.3, 0.4) is 0 Å². The first kappa shape index (κ1) is 14.1. The fourth-order valence-electron chi connectivity index (χ4n) is 1.59. The number of thiophene rings is 1. The standard InChI is InChI=1S/C13H13Br2NOS/c1-8(16)13(12-3-2-6-18-12)17-11-5-4-9(14)7-10(11)15/h2-8,13H,16H2,1H3. The number of ether oxygens (including phenoxy) is 1. The maximum atomic E-state index is 6.02. The van der Waals surface area contributed by atoms with E-state index in [9.17, 15) is 0 Å². The van der Waals surface area contributed by atoms with Gasteiger partial charge in [-0.1, -0.05) is 22.0 Å². The molecule has 0 saturated carbocycles. The van der Waals surface area contributed by atoms with E-state index < -0.39 is 0 Å². The first-order valence-corrected chi connectivity index (χ1v) is 7.95. The van der Waals surface area contributed by atoms with Crippen LogP contribution >= 0.6 is 43.2 Å². The Kier molecular flexibility index (Phi) is 4.84. The number of halogens is 2. The van der Waals surface area contributed by atoms with Crippen LogP contribution < -0.4 is 10.5 Å². The molecule has 0 fully saturated rings. The average molecular weight is 391 g/mol. The van der Waals surface area contributed by atoms with Crippen LogP contribution in [0.25, 0.3) is 0 Å². The van der Waals surface area contributed by atoms with E-state index >= 15 is 0 Å². The van der Waals surface area contributed by atoms with Gasteiger partial charge >= 0.3 is 0 Å². The molecule has 1 aromatic carbocycles. The zero-order chi connectivity index (χ0) is 13.1. The Balaban J connectivity index is 2.24. The van der Waals surface area contributed by atoms with Crippen molar-refractivity contribution in [1.82, 2.24) is 0 Å². The second-order valence-corrected chi connectivity index (χ2v) is 6.74. The molecule has 2 nitrogen and oxygen atoms in total. The van der Waals surface area contributed by atoms with E-state index in [1.807, 2.05) is 42.6 Å². The number of hydrogen-bond acceptors (Lipinski definition) is 3. The van der Waals surface area contributed by atoms with Crippen molar-refractivity contribution in [2.75, 3.05) is 0 Å². The maximum absolute atomic E-state index is 6.02. The minimum Gasteiger partial charge on any atom is -0.482 e. The molecule has 96 valence electrons. The summed E-state index contributed by atoms with van der Waals surface area (Å²) < 4.78 is 7.95. The summed E-state index contributed by atoms with van der Waals surface area (Å²) in [5.74, 6) is 0.800. The van der Waals surface area contributed by atoms with Crippen molar-refractivity contribution in [2.45, 2.75) is 19.1 Å². The van der Waals surface area contributed by atoms with Gasteiger partial charge < -0.3 is 10.5 Å². The lowest BCUT2D eigenvalue weighted by Crippen LogP contribution is -2.28. The molecule has 1 heterocycles. The van der Waals surface area contributed by atoms with Gasteiger partial charge in [0.2, 0.25) is 0 Å². The smallest absolute Gasteiger partial charge is 0.148 e. The molecule has 2 atom stereocenters. The van der Waals surface area contributed by atoms with Crippen LogP contribution in [0, 0.1) is 0 Å². The third-order valence-corrected chi connectivity index (χ3v) is 4.50. The van der Waals surface area contributed by atoms with Crippen molar-refractivity contribution in [1.29, 1.82) is 0 Å². The normalized spacial score (nSPS) is 14.2. The molecule has 0 spiro atoms. The first-order chi connectivity index (χ1) is 8.58. The van der Waals surface area contributed by atoms with Gasteiger partial charge in [-0.15, -0.1) is 11.3 Å². The second-order valence-electron chi connectivity index (χ2n) is 3.99. The van der Waals surface area contributed by atoms with E-state index in [4.69, 9.17) is 10.5 Å². The summed E-state index contributed by atoms with van der Waals surface area (Å²) in [6, 6.07) is 9.83. The lowest BCUT2D eigenvalue weighted by Gasteiger charge is -2.22. The van der Waals surface area contributed by atoms with Crippen molar-refractivity contribution in [3.8, 4) is 5.75 Å². The average Bonchev–Trinajstić information content (AvgIpc) is 2.80. The van der Waals surface area contributed by atoms with Gasteiger partial charge in [-0.2, -0.15) is 0 Å². The molecule has 0 aliphatic rings. The third kappa shape index (κ3) is 3.35. The van der Waals surface area contributed by atoms with Gasteiger partial charge in [0.15, 0.2) is 0 Å². The van der Waals surface area contributed by atoms with Crippen molar-refractivity contribution >= 4 is 43.2 Å². The van der Waals surface area contributed by atoms with Crippen LogP contribution in [0.15, 0.2) is 44.7 Å². The Labute approximate surface area is 127 Å². The molecule has 2 rings (SSSR count). The molecule has 0 radical (unpaired) electrons. The number of rotatable bonds is 4. The van der Waals surface area contributed by atoms with E-state index in [-0.39, 0.29) is 12.1 Å². The quantitative estimate of drug-likeness (QED) is 0.818. The highest BCUT2D eigenvalue weighted by molar-refractivity contribution is 9.11. The molecule has 2 unspecified atom stereocenters. The van der Waals surface area contributed by atoms with Gasteiger partial charge in [-0.3, -0.25) is 0 Å². The monoisotopic (exact) mass is 389 g/mol. The predicted molar refractivity (Wildman–Crippen MR) is 83.2 cm³/mol. The van der Waals surface area contributed by atoms with Gasteiger partial charge in [0.25, 0.3) is 0 Å². The highest BCUT2D eigenvalue weighted by Gasteiger charge is 2.20. The molecule has 0 aliphatic heterocycles. The van der Waals surface area contributed by atoms with Gasteiger partial charge in [-0.25, -0.2) is 0 Å². The zero-order valence-corrected chi connectivity index (χ0v) is 13.8. The lowest BCUT2D eigenvalue weighted by molar-refractivity contribution is 0.183. The molecule has 0 amide bonds. The number of benzene rings is 1. The second kappa shape index (κ2) is 6.19. The van der Waals surface area contributed by atoms with E-state index in [2.05, 4.69) is 31.9 Å². The third-order valence-electron chi connectivity index (χ3n) is 2.45. The summed E-state index contributed by atoms with van der Waals surface area (Å²) in [7, 11) is 0. The van der Waals surface area contributed by atoms with Gasteiger partial charge in [0, 0.05) is 15.4 Å². The molecular formula is C13H13Br2NOS. The van der Waals surface area contributed by atoms with Gasteiger partial charge in [-0.05, 0) is 52.5 Å². The summed E-state index contributed by atoms with van der Waals surface area (Å²) in [6.07, 6.45) is -0.123. The Morgan fingerprint density at radius 1 is 1.28 bits per heavy atom. The summed E-state index contributed by atoms with van der Waals surface area (Å²) in [6.45, 7) is 1.96. The predicted octanol–water partition coefficient (Wildman–Crippen LogP) is 4.74. The largest absolute Gasteiger partial charge is 0.482 e. The van der Waals surface area contributed by atoms with E-state index in [1.165, 1.54) is 0 Å². The van der Waals surface area contributed by atoms with Crippen LogP contribution in [0.2, 0.25) is 0 Å². The van der Waals surface area contributed by atoms with Crippen molar-refractivity contribution < 1.29 is 4.74 Å². The van der Waals surface area contributed by atoms with Crippen LogP contribution in [0.1, 0.15) is 17.9 Å². The summed E-state index contributed by atoms with van der Waals surface area (Å²) in [4.78, 5) is 1.14. The topological polar surface area (TPSA) is 35.2 Å². The van der Waals surface area contributed by atoms with Gasteiger partial charge in [0.05, 0.1) is 4.47 Å². The Morgan fingerprint density at radius 3 is 2.61 bits per heavy atom. The SMILES string of the molecule is CC(N)C(Oc1ccc(Br)cc1Br)c1cccs1.